The molecule has 3 rings (SSSR count). The zero-order chi connectivity index (χ0) is 14.1. The van der Waals surface area contributed by atoms with Crippen LogP contribution in [0.4, 0.5) is 0 Å². The summed E-state index contributed by atoms with van der Waals surface area (Å²) in [6.07, 6.45) is 6.93. The van der Waals surface area contributed by atoms with Crippen molar-refractivity contribution in [1.82, 2.24) is 15.1 Å². The monoisotopic (exact) mass is 279 g/mol. The van der Waals surface area contributed by atoms with Gasteiger partial charge in [-0.15, -0.1) is 0 Å². The Hall–Kier alpha value is -1.40. The van der Waals surface area contributed by atoms with Gasteiger partial charge in [0.1, 0.15) is 0 Å². The van der Waals surface area contributed by atoms with Crippen molar-refractivity contribution in [2.45, 2.75) is 38.4 Å². The van der Waals surface area contributed by atoms with Gasteiger partial charge < -0.3 is 15.5 Å². The number of aromatic nitrogens is 2. The Labute approximate surface area is 117 Å². The first kappa shape index (κ1) is 13.6. The number of carboxylic acids is 1. The van der Waals surface area contributed by atoms with Crippen molar-refractivity contribution < 1.29 is 15.0 Å². The Morgan fingerprint density at radius 3 is 3.00 bits per heavy atom. The Morgan fingerprint density at radius 1 is 1.45 bits per heavy atom. The Balaban J connectivity index is 1.60. The van der Waals surface area contributed by atoms with E-state index < -0.39 is 5.97 Å². The molecule has 20 heavy (non-hydrogen) atoms. The predicted molar refractivity (Wildman–Crippen MR) is 71.9 cm³/mol. The van der Waals surface area contributed by atoms with Crippen LogP contribution >= 0.6 is 0 Å². The summed E-state index contributed by atoms with van der Waals surface area (Å²) in [7, 11) is 0. The van der Waals surface area contributed by atoms with E-state index in [0.29, 0.717) is 24.9 Å². The van der Waals surface area contributed by atoms with E-state index in [1.807, 2.05) is 6.20 Å². The van der Waals surface area contributed by atoms with E-state index >= 15 is 0 Å². The maximum absolute atomic E-state index is 11.4. The molecule has 2 aliphatic carbocycles. The molecule has 4 atom stereocenters. The molecule has 0 amide bonds. The molecule has 6 nitrogen and oxygen atoms in total. The summed E-state index contributed by atoms with van der Waals surface area (Å²) in [5.74, 6) is -0.0346. The van der Waals surface area contributed by atoms with Crippen LogP contribution in [0, 0.1) is 17.8 Å². The van der Waals surface area contributed by atoms with Crippen LogP contribution in [0.2, 0.25) is 0 Å². The molecule has 2 bridgehead atoms. The second-order valence-electron chi connectivity index (χ2n) is 5.94. The van der Waals surface area contributed by atoms with Gasteiger partial charge in [0.05, 0.1) is 25.3 Å². The van der Waals surface area contributed by atoms with Gasteiger partial charge in [-0.05, 0) is 31.1 Å². The van der Waals surface area contributed by atoms with E-state index in [4.69, 9.17) is 5.11 Å². The van der Waals surface area contributed by atoms with Crippen LogP contribution in [-0.2, 0) is 17.9 Å². The lowest BCUT2D eigenvalue weighted by Gasteiger charge is -2.28. The number of carbonyl (C=O) groups is 1. The number of nitrogens with one attached hydrogen (secondary N) is 1. The zero-order valence-electron chi connectivity index (χ0n) is 11.4. The molecule has 1 heterocycles. The summed E-state index contributed by atoms with van der Waals surface area (Å²) in [5, 5.41) is 25.8. The largest absolute Gasteiger partial charge is 0.481 e. The molecule has 110 valence electrons. The van der Waals surface area contributed by atoms with Crippen molar-refractivity contribution in [1.29, 1.82) is 0 Å². The van der Waals surface area contributed by atoms with Crippen LogP contribution in [0.25, 0.3) is 0 Å². The number of fused-ring (bicyclic) bond motifs is 2. The molecule has 0 aliphatic heterocycles. The summed E-state index contributed by atoms with van der Waals surface area (Å²) in [6.45, 7) is 1.21. The number of aliphatic hydroxyl groups excluding tert-OH is 1. The SMILES string of the molecule is O=C(O)C1C2CCC(C2)C1NCc1cnn(CCO)c1. The second kappa shape index (κ2) is 5.54. The fraction of sp³-hybridized carbons (Fsp3) is 0.714. The highest BCUT2D eigenvalue weighted by Gasteiger charge is 2.50. The molecule has 2 fully saturated rings. The minimum Gasteiger partial charge on any atom is -0.481 e. The van der Waals surface area contributed by atoms with Crippen LogP contribution in [-0.4, -0.2) is 38.6 Å². The predicted octanol–water partition coefficient (Wildman–Crippen LogP) is 0.464. The number of nitrogens with zero attached hydrogens (tertiary/aromatic N) is 2. The summed E-state index contributed by atoms with van der Waals surface area (Å²) in [5.41, 5.74) is 1.03. The van der Waals surface area contributed by atoms with Gasteiger partial charge in [-0.3, -0.25) is 9.48 Å². The minimum absolute atomic E-state index is 0.0714. The van der Waals surface area contributed by atoms with Gasteiger partial charge in [-0.2, -0.15) is 5.10 Å². The van der Waals surface area contributed by atoms with Crippen molar-refractivity contribution in [3.63, 3.8) is 0 Å². The Bertz CT molecular complexity index is 488. The second-order valence-corrected chi connectivity index (χ2v) is 5.94. The van der Waals surface area contributed by atoms with E-state index in [2.05, 4.69) is 10.4 Å². The van der Waals surface area contributed by atoms with Gasteiger partial charge in [-0.1, -0.05) is 0 Å². The normalized spacial score (nSPS) is 31.9. The van der Waals surface area contributed by atoms with E-state index in [9.17, 15) is 9.90 Å². The lowest BCUT2D eigenvalue weighted by molar-refractivity contribution is -0.144. The average molecular weight is 279 g/mol. The number of hydrogen-bond donors (Lipinski definition) is 3. The standard InChI is InChI=1S/C14H21N3O3/c18-4-3-17-8-9(7-16-17)6-15-13-11-2-1-10(5-11)12(13)14(19)20/h7-8,10-13,15,18H,1-6H2,(H,19,20). The van der Waals surface area contributed by atoms with Crippen LogP contribution in [0.5, 0.6) is 0 Å². The molecule has 2 aliphatic rings. The highest BCUT2D eigenvalue weighted by atomic mass is 16.4. The topological polar surface area (TPSA) is 87.4 Å². The van der Waals surface area contributed by atoms with Gasteiger partial charge in [0.2, 0.25) is 0 Å². The first-order valence-corrected chi connectivity index (χ1v) is 7.27. The molecule has 1 aromatic rings. The molecule has 1 aromatic heterocycles. The molecule has 0 radical (unpaired) electrons. The van der Waals surface area contributed by atoms with Crippen LogP contribution in [0.3, 0.4) is 0 Å². The molecule has 4 unspecified atom stereocenters. The number of aliphatic carboxylic acids is 1. The molecule has 0 saturated heterocycles. The van der Waals surface area contributed by atoms with Crippen LogP contribution in [0.1, 0.15) is 24.8 Å². The lowest BCUT2D eigenvalue weighted by Crippen LogP contribution is -2.43. The fourth-order valence-corrected chi connectivity index (χ4v) is 3.90. The molecular formula is C14H21N3O3. The third-order valence-electron chi connectivity index (χ3n) is 4.76. The van der Waals surface area contributed by atoms with Gasteiger partial charge in [0, 0.05) is 24.3 Å². The summed E-state index contributed by atoms with van der Waals surface area (Å²) >= 11 is 0. The van der Waals surface area contributed by atoms with Crippen molar-refractivity contribution in [2.24, 2.45) is 17.8 Å². The first-order valence-electron chi connectivity index (χ1n) is 7.27. The highest BCUT2D eigenvalue weighted by molar-refractivity contribution is 5.72. The fourth-order valence-electron chi connectivity index (χ4n) is 3.90. The van der Waals surface area contributed by atoms with Gasteiger partial charge in [0.15, 0.2) is 0 Å². The van der Waals surface area contributed by atoms with Crippen LogP contribution in [0.15, 0.2) is 12.4 Å². The van der Waals surface area contributed by atoms with Crippen molar-refractivity contribution in [2.75, 3.05) is 6.61 Å². The number of carboxylic acid groups (broad SMARTS) is 1. The summed E-state index contributed by atoms with van der Waals surface area (Å²) in [6, 6.07) is 0.0902. The van der Waals surface area contributed by atoms with E-state index in [1.165, 1.54) is 0 Å². The molecule has 6 heteroatoms. The quantitative estimate of drug-likeness (QED) is 0.704. The average Bonchev–Trinajstić information content (AvgIpc) is 3.11. The Morgan fingerprint density at radius 2 is 2.25 bits per heavy atom. The molecule has 3 N–H and O–H groups in total. The maximum atomic E-state index is 11.4. The zero-order valence-corrected chi connectivity index (χ0v) is 11.4. The first-order chi connectivity index (χ1) is 9.69. The molecular weight excluding hydrogens is 258 g/mol. The summed E-state index contributed by atoms with van der Waals surface area (Å²) < 4.78 is 1.70. The van der Waals surface area contributed by atoms with E-state index in [1.54, 1.807) is 10.9 Å². The minimum atomic E-state index is -0.661. The number of aliphatic hydroxyl groups is 1. The number of rotatable bonds is 6. The van der Waals surface area contributed by atoms with E-state index in [-0.39, 0.29) is 18.6 Å². The third-order valence-corrected chi connectivity index (χ3v) is 4.76. The highest BCUT2D eigenvalue weighted by Crippen LogP contribution is 2.48. The smallest absolute Gasteiger partial charge is 0.308 e. The van der Waals surface area contributed by atoms with Gasteiger partial charge in [-0.25, -0.2) is 0 Å². The summed E-state index contributed by atoms with van der Waals surface area (Å²) in [4.78, 5) is 11.4. The Kier molecular flexibility index (Phi) is 3.76. The van der Waals surface area contributed by atoms with Crippen molar-refractivity contribution >= 4 is 5.97 Å². The van der Waals surface area contributed by atoms with Crippen LogP contribution < -0.4 is 5.32 Å². The van der Waals surface area contributed by atoms with E-state index in [0.717, 1.165) is 24.8 Å². The van der Waals surface area contributed by atoms with Gasteiger partial charge in [0.25, 0.3) is 0 Å². The van der Waals surface area contributed by atoms with Crippen molar-refractivity contribution in [3.05, 3.63) is 18.0 Å². The van der Waals surface area contributed by atoms with Crippen molar-refractivity contribution in [3.8, 4) is 0 Å². The molecule has 2 saturated carbocycles. The third kappa shape index (κ3) is 2.45. The lowest BCUT2D eigenvalue weighted by atomic mass is 9.84. The van der Waals surface area contributed by atoms with Gasteiger partial charge >= 0.3 is 5.97 Å². The molecule has 0 aromatic carbocycles. The number of hydrogen-bond acceptors (Lipinski definition) is 4. The maximum Gasteiger partial charge on any atom is 0.308 e. The molecule has 0 spiro atoms.